The predicted molar refractivity (Wildman–Crippen MR) is 186 cm³/mol. The van der Waals surface area contributed by atoms with Gasteiger partial charge in [0, 0.05) is 32.9 Å². The summed E-state index contributed by atoms with van der Waals surface area (Å²) >= 11 is 0. The highest BCUT2D eigenvalue weighted by Gasteiger charge is 2.18. The maximum Gasteiger partial charge on any atom is 0.0562 e. The predicted octanol–water partition coefficient (Wildman–Crippen LogP) is 11.2. The summed E-state index contributed by atoms with van der Waals surface area (Å²) in [6.07, 6.45) is 0. The molecule has 7 aromatic carbocycles. The average molecular weight is 561 g/mol. The van der Waals surface area contributed by atoms with Crippen molar-refractivity contribution in [2.24, 2.45) is 0 Å². The first-order valence-corrected chi connectivity index (χ1v) is 15.1. The molecule has 0 unspecified atom stereocenters. The minimum absolute atomic E-state index is 1.16. The lowest BCUT2D eigenvalue weighted by atomic mass is 10.1. The molecule has 9 rings (SSSR count). The zero-order chi connectivity index (χ0) is 29.0. The molecular weight excluding hydrogens is 532 g/mol. The summed E-state index contributed by atoms with van der Waals surface area (Å²) in [4.78, 5) is 0. The van der Waals surface area contributed by atoms with Crippen molar-refractivity contribution in [2.75, 3.05) is 0 Å². The Balaban J connectivity index is 1.35. The van der Waals surface area contributed by atoms with Crippen molar-refractivity contribution in [3.8, 4) is 33.6 Å². The number of aromatic nitrogens is 2. The molecule has 0 fully saturated rings. The second kappa shape index (κ2) is 9.86. The van der Waals surface area contributed by atoms with Gasteiger partial charge >= 0.3 is 0 Å². The van der Waals surface area contributed by atoms with Crippen LogP contribution in [-0.2, 0) is 0 Å². The van der Waals surface area contributed by atoms with Crippen molar-refractivity contribution in [1.82, 2.24) is 9.13 Å². The van der Waals surface area contributed by atoms with E-state index in [1.807, 2.05) is 0 Å². The third-order valence-corrected chi connectivity index (χ3v) is 8.89. The molecule has 0 aliphatic rings. The lowest BCUT2D eigenvalue weighted by molar-refractivity contribution is 1.16. The molecule has 2 heterocycles. The first-order valence-electron chi connectivity index (χ1n) is 15.1. The van der Waals surface area contributed by atoms with Crippen LogP contribution in [0.1, 0.15) is 0 Å². The molecule has 0 aliphatic heterocycles. The van der Waals surface area contributed by atoms with Gasteiger partial charge in [-0.05, 0) is 70.8 Å². The Bertz CT molecular complexity index is 2310. The highest BCUT2D eigenvalue weighted by molar-refractivity contribution is 6.19. The van der Waals surface area contributed by atoms with Crippen LogP contribution >= 0.6 is 0 Å². The van der Waals surface area contributed by atoms with Gasteiger partial charge in [0.05, 0.1) is 22.1 Å². The number of para-hydroxylation sites is 2. The smallest absolute Gasteiger partial charge is 0.0562 e. The van der Waals surface area contributed by atoms with E-state index < -0.39 is 0 Å². The topological polar surface area (TPSA) is 9.86 Å². The van der Waals surface area contributed by atoms with Crippen molar-refractivity contribution in [1.29, 1.82) is 0 Å². The first-order chi connectivity index (χ1) is 21.8. The Labute approximate surface area is 255 Å². The Morgan fingerprint density at radius 2 is 0.659 bits per heavy atom. The molecule has 2 aromatic heterocycles. The Morgan fingerprint density at radius 1 is 0.250 bits per heavy atom. The van der Waals surface area contributed by atoms with E-state index in [9.17, 15) is 0 Å². The van der Waals surface area contributed by atoms with E-state index in [0.29, 0.717) is 0 Å². The highest BCUT2D eigenvalue weighted by atomic mass is 15.0. The normalized spacial score (nSPS) is 11.6. The fourth-order valence-corrected chi connectivity index (χ4v) is 6.90. The molecule has 0 saturated carbocycles. The lowest BCUT2D eigenvalue weighted by Gasteiger charge is -2.12. The molecular formula is C42H28N2. The highest BCUT2D eigenvalue weighted by Crippen LogP contribution is 2.40. The van der Waals surface area contributed by atoms with Gasteiger partial charge in [0.2, 0.25) is 0 Å². The van der Waals surface area contributed by atoms with Crippen LogP contribution in [-0.4, -0.2) is 9.13 Å². The number of nitrogens with zero attached hydrogens (tertiary/aromatic N) is 2. The van der Waals surface area contributed by atoms with Crippen LogP contribution in [0.2, 0.25) is 0 Å². The minimum atomic E-state index is 1.16. The van der Waals surface area contributed by atoms with Crippen LogP contribution in [0.5, 0.6) is 0 Å². The van der Waals surface area contributed by atoms with Crippen molar-refractivity contribution in [3.05, 3.63) is 170 Å². The third kappa shape index (κ3) is 3.82. The van der Waals surface area contributed by atoms with Gasteiger partial charge in [0.1, 0.15) is 0 Å². The van der Waals surface area contributed by atoms with Crippen LogP contribution < -0.4 is 0 Å². The van der Waals surface area contributed by atoms with E-state index in [0.717, 1.165) is 11.4 Å². The maximum atomic E-state index is 2.43. The quantitative estimate of drug-likeness (QED) is 0.203. The van der Waals surface area contributed by atoms with Gasteiger partial charge in [0.15, 0.2) is 0 Å². The molecule has 2 heteroatoms. The van der Waals surface area contributed by atoms with Gasteiger partial charge in [-0.25, -0.2) is 0 Å². The Hall–Kier alpha value is -5.86. The summed E-state index contributed by atoms with van der Waals surface area (Å²) < 4.78 is 4.86. The zero-order valence-electron chi connectivity index (χ0n) is 24.1. The van der Waals surface area contributed by atoms with E-state index in [2.05, 4.69) is 179 Å². The summed E-state index contributed by atoms with van der Waals surface area (Å²) in [5.41, 5.74) is 12.0. The van der Waals surface area contributed by atoms with Crippen molar-refractivity contribution >= 4 is 43.6 Å². The molecule has 9 aromatic rings. The van der Waals surface area contributed by atoms with E-state index in [-0.39, 0.29) is 0 Å². The van der Waals surface area contributed by atoms with Crippen molar-refractivity contribution in [3.63, 3.8) is 0 Å². The van der Waals surface area contributed by atoms with Gasteiger partial charge in [-0.3, -0.25) is 0 Å². The maximum absolute atomic E-state index is 2.43. The molecule has 0 amide bonds. The number of hydrogen-bond donors (Lipinski definition) is 0. The summed E-state index contributed by atoms with van der Waals surface area (Å²) in [5, 5.41) is 5.05. The number of rotatable bonds is 4. The Kier molecular flexibility index (Phi) is 5.54. The van der Waals surface area contributed by atoms with E-state index in [1.165, 1.54) is 65.9 Å². The number of benzene rings is 7. The number of hydrogen-bond acceptors (Lipinski definition) is 0. The largest absolute Gasteiger partial charge is 0.309 e. The van der Waals surface area contributed by atoms with Crippen LogP contribution in [0.15, 0.2) is 170 Å². The molecule has 0 spiro atoms. The average Bonchev–Trinajstić information content (AvgIpc) is 3.60. The standard InChI is InChI=1S/C42H28N2/c1-3-13-29(14-4-1)31-17-11-19-33(25-31)43-39-23-9-7-21-35(39)37-27-38-36-22-8-10-24-40(36)44(42(38)28-41(37)43)34-20-12-18-32(26-34)30-15-5-2-6-16-30/h1-28H. The molecule has 206 valence electrons. The molecule has 0 N–H and O–H groups in total. The van der Waals surface area contributed by atoms with Crippen LogP contribution in [0, 0.1) is 0 Å². The van der Waals surface area contributed by atoms with E-state index in [1.54, 1.807) is 0 Å². The Morgan fingerprint density at radius 3 is 1.14 bits per heavy atom. The van der Waals surface area contributed by atoms with Crippen molar-refractivity contribution in [2.45, 2.75) is 0 Å². The molecule has 44 heavy (non-hydrogen) atoms. The van der Waals surface area contributed by atoms with Gasteiger partial charge in [-0.2, -0.15) is 0 Å². The molecule has 0 atom stereocenters. The monoisotopic (exact) mass is 560 g/mol. The molecule has 0 radical (unpaired) electrons. The van der Waals surface area contributed by atoms with Crippen LogP contribution in [0.25, 0.3) is 77.2 Å². The van der Waals surface area contributed by atoms with Gasteiger partial charge in [-0.15, -0.1) is 0 Å². The van der Waals surface area contributed by atoms with Crippen molar-refractivity contribution < 1.29 is 0 Å². The fourth-order valence-electron chi connectivity index (χ4n) is 6.90. The van der Waals surface area contributed by atoms with E-state index in [4.69, 9.17) is 0 Å². The van der Waals surface area contributed by atoms with Gasteiger partial charge in [-0.1, -0.05) is 121 Å². The lowest BCUT2D eigenvalue weighted by Crippen LogP contribution is -1.96. The molecule has 0 aliphatic carbocycles. The molecule has 0 saturated heterocycles. The summed E-state index contributed by atoms with van der Waals surface area (Å²) in [6.45, 7) is 0. The zero-order valence-corrected chi connectivity index (χ0v) is 24.1. The minimum Gasteiger partial charge on any atom is -0.309 e. The summed E-state index contributed by atoms with van der Waals surface area (Å²) in [6, 6.07) is 61.4. The molecule has 2 nitrogen and oxygen atoms in total. The number of fused-ring (bicyclic) bond motifs is 6. The van der Waals surface area contributed by atoms with Gasteiger partial charge in [0.25, 0.3) is 0 Å². The molecule has 0 bridgehead atoms. The SMILES string of the molecule is c1ccc(-c2cccc(-n3c4ccccc4c4cc5c6ccccc6n(-c6cccc(-c7ccccc7)c6)c5cc43)c2)cc1. The van der Waals surface area contributed by atoms with E-state index >= 15 is 0 Å². The second-order valence-electron chi connectivity index (χ2n) is 11.4. The third-order valence-electron chi connectivity index (χ3n) is 8.89. The first kappa shape index (κ1) is 24.7. The van der Waals surface area contributed by atoms with Crippen LogP contribution in [0.4, 0.5) is 0 Å². The summed E-state index contributed by atoms with van der Waals surface area (Å²) in [5.74, 6) is 0. The van der Waals surface area contributed by atoms with Crippen LogP contribution in [0.3, 0.4) is 0 Å². The summed E-state index contributed by atoms with van der Waals surface area (Å²) in [7, 11) is 0. The fraction of sp³-hybridized carbons (Fsp3) is 0. The second-order valence-corrected chi connectivity index (χ2v) is 11.4. The van der Waals surface area contributed by atoms with Gasteiger partial charge < -0.3 is 9.13 Å².